The van der Waals surface area contributed by atoms with Crippen LogP contribution in [0, 0.1) is 0 Å². The summed E-state index contributed by atoms with van der Waals surface area (Å²) in [5, 5.41) is 1.31. The topological polar surface area (TPSA) is 29.1 Å². The summed E-state index contributed by atoms with van der Waals surface area (Å²) >= 11 is 17.3. The van der Waals surface area contributed by atoms with Crippen molar-refractivity contribution in [3.05, 3.63) is 73.7 Å². The van der Waals surface area contributed by atoms with Gasteiger partial charge in [-0.15, -0.1) is 0 Å². The van der Waals surface area contributed by atoms with E-state index >= 15 is 0 Å². The lowest BCUT2D eigenvalue weighted by Crippen LogP contribution is -2.40. The van der Waals surface area contributed by atoms with Gasteiger partial charge in [-0.25, -0.2) is 13.2 Å². The third-order valence-electron chi connectivity index (χ3n) is 5.93. The molecule has 0 radical (unpaired) electrons. The molecular formula is C24H17Cl3F9NO. The fourth-order valence-corrected chi connectivity index (χ4v) is 4.56. The first-order chi connectivity index (χ1) is 17.4. The van der Waals surface area contributed by atoms with Crippen LogP contribution in [0.5, 0.6) is 0 Å². The number of nitrogens with one attached hydrogen (secondary N) is 1. The zero-order chi connectivity index (χ0) is 28.6. The van der Waals surface area contributed by atoms with E-state index in [-0.39, 0.29) is 40.1 Å². The second-order valence-electron chi connectivity index (χ2n) is 8.69. The van der Waals surface area contributed by atoms with Crippen LogP contribution >= 0.6 is 34.8 Å². The van der Waals surface area contributed by atoms with Crippen LogP contribution in [-0.4, -0.2) is 24.0 Å². The molecule has 1 saturated carbocycles. The molecule has 1 aliphatic carbocycles. The van der Waals surface area contributed by atoms with Crippen LogP contribution in [0.4, 0.5) is 39.5 Å². The minimum Gasteiger partial charge on any atom is -0.349 e. The van der Waals surface area contributed by atoms with E-state index in [4.69, 9.17) is 34.8 Å². The molecule has 0 bridgehead atoms. The highest BCUT2D eigenvalue weighted by Crippen LogP contribution is 2.43. The van der Waals surface area contributed by atoms with Gasteiger partial charge in [0.1, 0.15) is 11.7 Å². The molecular weight excluding hydrogens is 596 g/mol. The number of alkyl halides is 8. The smallest absolute Gasteiger partial charge is 0.349 e. The summed E-state index contributed by atoms with van der Waals surface area (Å²) in [5.74, 6) is -8.49. The fraction of sp³-hybridized carbons (Fsp3) is 0.375. The Kier molecular flexibility index (Phi) is 8.95. The van der Waals surface area contributed by atoms with Gasteiger partial charge < -0.3 is 5.32 Å². The Morgan fingerprint density at radius 1 is 0.974 bits per heavy atom. The predicted octanol–water partition coefficient (Wildman–Crippen LogP) is 9.63. The number of hydrogen-bond acceptors (Lipinski definition) is 1. The van der Waals surface area contributed by atoms with E-state index in [0.717, 1.165) is 12.1 Å². The Morgan fingerprint density at radius 3 is 2.03 bits per heavy atom. The molecule has 1 unspecified atom stereocenters. The molecule has 0 aromatic heterocycles. The summed E-state index contributed by atoms with van der Waals surface area (Å²) in [6.45, 7) is 0. The molecule has 38 heavy (non-hydrogen) atoms. The van der Waals surface area contributed by atoms with Gasteiger partial charge in [0, 0.05) is 24.4 Å². The third-order valence-corrected chi connectivity index (χ3v) is 7.13. The minimum absolute atomic E-state index is 0.0489. The first kappa shape index (κ1) is 30.4. The second-order valence-corrected chi connectivity index (χ2v) is 9.89. The number of hydrogen-bond donors (Lipinski definition) is 1. The molecule has 1 fully saturated rings. The molecule has 0 saturated heterocycles. The van der Waals surface area contributed by atoms with Crippen molar-refractivity contribution in [3.8, 4) is 0 Å². The Bertz CT molecular complexity index is 1210. The highest BCUT2D eigenvalue weighted by atomic mass is 35.5. The van der Waals surface area contributed by atoms with E-state index in [1.54, 1.807) is 0 Å². The molecule has 2 nitrogen and oxygen atoms in total. The van der Waals surface area contributed by atoms with Crippen LogP contribution in [0.3, 0.4) is 0 Å². The van der Waals surface area contributed by atoms with E-state index in [9.17, 15) is 44.3 Å². The molecule has 1 atom stereocenters. The summed E-state index contributed by atoms with van der Waals surface area (Å²) in [6, 6.07) is 2.31. The summed E-state index contributed by atoms with van der Waals surface area (Å²) in [5.41, 5.74) is -4.04. The number of amides is 1. The van der Waals surface area contributed by atoms with Crippen LogP contribution in [0.1, 0.15) is 58.6 Å². The molecule has 1 aliphatic rings. The van der Waals surface area contributed by atoms with Crippen LogP contribution in [0.2, 0.25) is 15.1 Å². The molecule has 14 heteroatoms. The van der Waals surface area contributed by atoms with Gasteiger partial charge in [0.15, 0.2) is 0 Å². The van der Waals surface area contributed by atoms with Crippen LogP contribution < -0.4 is 5.32 Å². The predicted molar refractivity (Wildman–Crippen MR) is 125 cm³/mol. The van der Waals surface area contributed by atoms with E-state index in [0.29, 0.717) is 12.1 Å². The van der Waals surface area contributed by atoms with E-state index in [2.05, 4.69) is 5.32 Å². The van der Waals surface area contributed by atoms with Gasteiger partial charge in [0.05, 0.1) is 26.2 Å². The van der Waals surface area contributed by atoms with Gasteiger partial charge >= 0.3 is 12.4 Å². The lowest BCUT2D eigenvalue weighted by molar-refractivity contribution is -0.140. The number of allylic oxidation sites excluding steroid dienone is 1. The van der Waals surface area contributed by atoms with Gasteiger partial charge in [-0.05, 0) is 48.7 Å². The summed E-state index contributed by atoms with van der Waals surface area (Å²) in [6.07, 6.45) is -11.7. The summed E-state index contributed by atoms with van der Waals surface area (Å²) in [4.78, 5) is 12.5. The van der Waals surface area contributed by atoms with Gasteiger partial charge in [-0.1, -0.05) is 40.9 Å². The lowest BCUT2D eigenvalue weighted by Gasteiger charge is -2.29. The monoisotopic (exact) mass is 611 g/mol. The van der Waals surface area contributed by atoms with Gasteiger partial charge in [-0.2, -0.15) is 26.3 Å². The molecule has 2 aromatic rings. The molecule has 0 aliphatic heterocycles. The molecule has 2 aromatic carbocycles. The molecule has 208 valence electrons. The Morgan fingerprint density at radius 2 is 1.53 bits per heavy atom. The summed E-state index contributed by atoms with van der Waals surface area (Å²) < 4.78 is 124. The minimum atomic E-state index is -5.19. The van der Waals surface area contributed by atoms with Crippen LogP contribution in [0.25, 0.3) is 5.83 Å². The highest BCUT2D eigenvalue weighted by molar-refractivity contribution is 6.48. The van der Waals surface area contributed by atoms with Crippen molar-refractivity contribution in [1.29, 1.82) is 0 Å². The van der Waals surface area contributed by atoms with Crippen LogP contribution in [0.15, 0.2) is 36.4 Å². The van der Waals surface area contributed by atoms with Crippen molar-refractivity contribution in [3.63, 3.8) is 0 Å². The Hall–Kier alpha value is -2.11. The zero-order valence-electron chi connectivity index (χ0n) is 18.9. The Balaban J connectivity index is 1.96. The molecule has 3 rings (SSSR count). The molecule has 0 heterocycles. The number of carbonyl (C=O) groups excluding carboxylic acids is 1. The fourth-order valence-electron chi connectivity index (χ4n) is 3.95. The molecule has 0 spiro atoms. The second kappa shape index (κ2) is 11.2. The van der Waals surface area contributed by atoms with Crippen molar-refractivity contribution < 1.29 is 44.3 Å². The number of rotatable bonds is 5. The van der Waals surface area contributed by atoms with Crippen LogP contribution in [-0.2, 0) is 6.18 Å². The zero-order valence-corrected chi connectivity index (χ0v) is 21.2. The van der Waals surface area contributed by atoms with Gasteiger partial charge in [0.25, 0.3) is 5.91 Å². The van der Waals surface area contributed by atoms with Gasteiger partial charge in [-0.3, -0.25) is 4.79 Å². The van der Waals surface area contributed by atoms with Crippen molar-refractivity contribution in [2.45, 2.75) is 55.9 Å². The SMILES string of the molecule is O=C(NC1CCC(F)(F)CC1)c1ccc(C(F)=CC(c2cc(Cl)c(Cl)c(Cl)c2)C(F)(F)F)cc1C(F)(F)F. The number of benzene rings is 2. The average Bonchev–Trinajstić information content (AvgIpc) is 2.80. The average molecular weight is 613 g/mol. The van der Waals surface area contributed by atoms with E-state index in [1.807, 2.05) is 0 Å². The maximum absolute atomic E-state index is 15.0. The van der Waals surface area contributed by atoms with Crippen molar-refractivity contribution >= 4 is 46.5 Å². The van der Waals surface area contributed by atoms with Crippen molar-refractivity contribution in [2.24, 2.45) is 0 Å². The van der Waals surface area contributed by atoms with Gasteiger partial charge in [0.2, 0.25) is 5.92 Å². The van der Waals surface area contributed by atoms with E-state index < -0.39 is 77.1 Å². The van der Waals surface area contributed by atoms with Crippen molar-refractivity contribution in [1.82, 2.24) is 5.32 Å². The van der Waals surface area contributed by atoms with E-state index in [1.165, 1.54) is 0 Å². The largest absolute Gasteiger partial charge is 0.417 e. The maximum Gasteiger partial charge on any atom is 0.417 e. The highest BCUT2D eigenvalue weighted by Gasteiger charge is 2.41. The third kappa shape index (κ3) is 7.30. The summed E-state index contributed by atoms with van der Waals surface area (Å²) in [7, 11) is 0. The quantitative estimate of drug-likeness (QED) is 0.264. The standard InChI is InChI=1S/C24H17Cl3F9NO/c25-17-8-12(9-18(26)20(17)27)15(23(31,32)33)10-19(28)11-1-2-14(16(7-11)24(34,35)36)21(38)37-13-3-5-22(29,30)6-4-13/h1-2,7-10,13,15H,3-6H2,(H,37,38). The normalized spacial score (nSPS) is 17.8. The number of halogens is 12. The first-order valence-electron chi connectivity index (χ1n) is 10.9. The maximum atomic E-state index is 15.0. The first-order valence-corrected chi connectivity index (χ1v) is 12.0. The van der Waals surface area contributed by atoms with Crippen molar-refractivity contribution in [2.75, 3.05) is 0 Å². The number of carbonyl (C=O) groups is 1. The lowest BCUT2D eigenvalue weighted by atomic mass is 9.91. The Labute approximate surface area is 225 Å². The molecule has 1 N–H and O–H groups in total. The molecule has 1 amide bonds.